The van der Waals surface area contributed by atoms with Crippen molar-refractivity contribution in [1.82, 2.24) is 0 Å². The van der Waals surface area contributed by atoms with Crippen molar-refractivity contribution in [3.8, 4) is 5.75 Å². The molecular formula is C20H31O4P. The Labute approximate surface area is 152 Å². The van der Waals surface area contributed by atoms with Gasteiger partial charge >= 0.3 is 7.60 Å². The van der Waals surface area contributed by atoms with Crippen molar-refractivity contribution in [3.63, 3.8) is 0 Å². The van der Waals surface area contributed by atoms with Gasteiger partial charge in [-0.05, 0) is 57.4 Å². The number of benzene rings is 1. The number of allylic oxidation sites excluding steroid dienone is 3. The van der Waals surface area contributed by atoms with Crippen LogP contribution in [-0.2, 0) is 13.6 Å². The van der Waals surface area contributed by atoms with Crippen LogP contribution in [0.3, 0.4) is 0 Å². The van der Waals surface area contributed by atoms with Crippen LogP contribution in [-0.4, -0.2) is 19.8 Å². The maximum atomic E-state index is 13.1. The van der Waals surface area contributed by atoms with Gasteiger partial charge in [0.1, 0.15) is 12.4 Å². The molecule has 0 N–H and O–H groups in total. The van der Waals surface area contributed by atoms with Gasteiger partial charge in [0.05, 0.1) is 13.2 Å². The zero-order chi connectivity index (χ0) is 18.5. The normalized spacial score (nSPS) is 13.1. The summed E-state index contributed by atoms with van der Waals surface area (Å²) in [5.74, 6) is 0.828. The molecule has 0 aliphatic heterocycles. The third-order valence-corrected chi connectivity index (χ3v) is 6.04. The van der Waals surface area contributed by atoms with E-state index in [1.807, 2.05) is 63.3 Å². The molecule has 0 saturated heterocycles. The first kappa shape index (κ1) is 21.7. The first-order valence-corrected chi connectivity index (χ1v) is 10.5. The molecule has 0 bridgehead atoms. The SMILES string of the molecule is CCCC/C(=C(C)\C=C\COc1ccccc1)P(=O)(OCC)OCC. The van der Waals surface area contributed by atoms with Gasteiger partial charge in [-0.25, -0.2) is 0 Å². The molecule has 1 aromatic rings. The monoisotopic (exact) mass is 366 g/mol. The number of hydrogen-bond acceptors (Lipinski definition) is 4. The van der Waals surface area contributed by atoms with E-state index in [4.69, 9.17) is 13.8 Å². The van der Waals surface area contributed by atoms with E-state index in [0.29, 0.717) is 26.2 Å². The molecule has 25 heavy (non-hydrogen) atoms. The van der Waals surface area contributed by atoms with Crippen LogP contribution in [0.1, 0.15) is 47.0 Å². The fraction of sp³-hybridized carbons (Fsp3) is 0.500. The molecule has 140 valence electrons. The highest BCUT2D eigenvalue weighted by atomic mass is 31.2. The van der Waals surface area contributed by atoms with Gasteiger partial charge in [0, 0.05) is 5.31 Å². The van der Waals surface area contributed by atoms with Gasteiger partial charge in [-0.3, -0.25) is 4.57 Å². The Balaban J connectivity index is 2.88. The third-order valence-electron chi connectivity index (χ3n) is 3.61. The minimum atomic E-state index is -3.23. The second-order valence-corrected chi connectivity index (χ2v) is 7.64. The van der Waals surface area contributed by atoms with E-state index in [2.05, 4.69) is 6.92 Å². The lowest BCUT2D eigenvalue weighted by Gasteiger charge is -2.21. The van der Waals surface area contributed by atoms with Gasteiger partial charge in [-0.2, -0.15) is 0 Å². The van der Waals surface area contributed by atoms with Gasteiger partial charge in [-0.15, -0.1) is 0 Å². The van der Waals surface area contributed by atoms with E-state index < -0.39 is 7.60 Å². The highest BCUT2D eigenvalue weighted by Gasteiger charge is 2.30. The van der Waals surface area contributed by atoms with E-state index >= 15 is 0 Å². The Bertz CT molecular complexity index is 583. The van der Waals surface area contributed by atoms with Crippen molar-refractivity contribution in [2.45, 2.75) is 47.0 Å². The molecule has 0 aliphatic rings. The lowest BCUT2D eigenvalue weighted by Crippen LogP contribution is -2.01. The van der Waals surface area contributed by atoms with Crippen LogP contribution in [0.5, 0.6) is 5.75 Å². The molecular weight excluding hydrogens is 335 g/mol. The lowest BCUT2D eigenvalue weighted by atomic mass is 10.1. The second-order valence-electron chi connectivity index (χ2n) is 5.59. The minimum absolute atomic E-state index is 0.362. The summed E-state index contributed by atoms with van der Waals surface area (Å²) < 4.78 is 29.9. The molecule has 4 nitrogen and oxygen atoms in total. The molecule has 1 aromatic carbocycles. The van der Waals surface area contributed by atoms with E-state index in [0.717, 1.165) is 29.5 Å². The summed E-state index contributed by atoms with van der Waals surface area (Å²) in [6.45, 7) is 8.92. The lowest BCUT2D eigenvalue weighted by molar-refractivity contribution is 0.225. The van der Waals surface area contributed by atoms with Crippen molar-refractivity contribution in [2.75, 3.05) is 19.8 Å². The topological polar surface area (TPSA) is 44.8 Å². The van der Waals surface area contributed by atoms with Crippen LogP contribution in [0.15, 0.2) is 53.4 Å². The molecule has 0 heterocycles. The summed E-state index contributed by atoms with van der Waals surface area (Å²) in [7, 11) is -3.23. The van der Waals surface area contributed by atoms with E-state index in [9.17, 15) is 4.57 Å². The predicted octanol–water partition coefficient (Wildman–Crippen LogP) is 6.35. The molecule has 0 fully saturated rings. The summed E-state index contributed by atoms with van der Waals surface area (Å²) >= 11 is 0. The predicted molar refractivity (Wildman–Crippen MR) is 104 cm³/mol. The number of para-hydroxylation sites is 1. The quantitative estimate of drug-likeness (QED) is 0.319. The molecule has 0 aliphatic carbocycles. The fourth-order valence-corrected chi connectivity index (χ4v) is 4.41. The van der Waals surface area contributed by atoms with Crippen LogP contribution in [0, 0.1) is 0 Å². The van der Waals surface area contributed by atoms with Gasteiger partial charge in [0.2, 0.25) is 0 Å². The number of rotatable bonds is 12. The van der Waals surface area contributed by atoms with Gasteiger partial charge in [0.25, 0.3) is 0 Å². The summed E-state index contributed by atoms with van der Waals surface area (Å²) in [4.78, 5) is 0. The Morgan fingerprint density at radius 3 is 2.28 bits per heavy atom. The molecule has 0 aromatic heterocycles. The molecule has 0 amide bonds. The Morgan fingerprint density at radius 2 is 1.72 bits per heavy atom. The third kappa shape index (κ3) is 7.60. The first-order valence-electron chi connectivity index (χ1n) is 9.01. The largest absolute Gasteiger partial charge is 0.490 e. The molecule has 0 atom stereocenters. The average molecular weight is 366 g/mol. The van der Waals surface area contributed by atoms with Crippen molar-refractivity contribution in [1.29, 1.82) is 0 Å². The maximum Gasteiger partial charge on any atom is 0.357 e. The van der Waals surface area contributed by atoms with Crippen LogP contribution in [0.2, 0.25) is 0 Å². The van der Waals surface area contributed by atoms with Crippen molar-refractivity contribution < 1.29 is 18.3 Å². The zero-order valence-corrected chi connectivity index (χ0v) is 16.8. The Hall–Kier alpha value is -1.35. The van der Waals surface area contributed by atoms with E-state index in [1.165, 1.54) is 0 Å². The van der Waals surface area contributed by atoms with E-state index in [1.54, 1.807) is 0 Å². The molecule has 1 rings (SSSR count). The Kier molecular flexibility index (Phi) is 10.5. The summed E-state index contributed by atoms with van der Waals surface area (Å²) in [6.07, 6.45) is 6.56. The molecule has 0 unspecified atom stereocenters. The smallest absolute Gasteiger partial charge is 0.357 e. The number of unbranched alkanes of at least 4 members (excludes halogenated alkanes) is 1. The van der Waals surface area contributed by atoms with Crippen LogP contribution < -0.4 is 4.74 Å². The zero-order valence-electron chi connectivity index (χ0n) is 15.9. The highest BCUT2D eigenvalue weighted by Crippen LogP contribution is 2.58. The minimum Gasteiger partial charge on any atom is -0.490 e. The van der Waals surface area contributed by atoms with Gasteiger partial charge < -0.3 is 13.8 Å². The summed E-state index contributed by atoms with van der Waals surface area (Å²) in [5, 5.41) is 0.772. The molecule has 5 heteroatoms. The fourth-order valence-electron chi connectivity index (χ4n) is 2.41. The first-order chi connectivity index (χ1) is 12.1. The van der Waals surface area contributed by atoms with E-state index in [-0.39, 0.29) is 0 Å². The average Bonchev–Trinajstić information content (AvgIpc) is 2.60. The van der Waals surface area contributed by atoms with Gasteiger partial charge in [-0.1, -0.05) is 37.6 Å². The number of hydrogen-bond donors (Lipinski definition) is 0. The van der Waals surface area contributed by atoms with Gasteiger partial charge in [0.15, 0.2) is 0 Å². The van der Waals surface area contributed by atoms with Crippen molar-refractivity contribution in [2.24, 2.45) is 0 Å². The highest BCUT2D eigenvalue weighted by molar-refractivity contribution is 7.58. The molecule has 0 saturated carbocycles. The summed E-state index contributed by atoms with van der Waals surface area (Å²) in [5.41, 5.74) is 0.926. The maximum absolute atomic E-state index is 13.1. The second kappa shape index (κ2) is 12.1. The molecule has 0 radical (unpaired) electrons. The Morgan fingerprint density at radius 1 is 1.08 bits per heavy atom. The standard InChI is InChI=1S/C20H31O4P/c1-5-8-16-20(25(21,23-6-2)24-7-3)18(4)13-12-17-22-19-14-10-9-11-15-19/h9-15H,5-8,16-17H2,1-4H3/b13-12+,20-18+. The van der Waals surface area contributed by atoms with Crippen LogP contribution >= 0.6 is 7.60 Å². The summed E-state index contributed by atoms with van der Waals surface area (Å²) in [6, 6.07) is 9.67. The van der Waals surface area contributed by atoms with Crippen LogP contribution in [0.25, 0.3) is 0 Å². The van der Waals surface area contributed by atoms with Crippen LogP contribution in [0.4, 0.5) is 0 Å². The number of ether oxygens (including phenoxy) is 1. The molecule has 0 spiro atoms. The van der Waals surface area contributed by atoms with Crippen molar-refractivity contribution in [3.05, 3.63) is 53.4 Å². The van der Waals surface area contributed by atoms with Crippen molar-refractivity contribution >= 4 is 7.60 Å².